The second-order valence-electron chi connectivity index (χ2n) is 4.11. The van der Waals surface area contributed by atoms with E-state index in [0.29, 0.717) is 6.54 Å². The summed E-state index contributed by atoms with van der Waals surface area (Å²) in [7, 11) is 0. The molecule has 0 bridgehead atoms. The lowest BCUT2D eigenvalue weighted by Crippen LogP contribution is -2.22. The van der Waals surface area contributed by atoms with Crippen molar-refractivity contribution in [1.82, 2.24) is 0 Å². The lowest BCUT2D eigenvalue weighted by molar-refractivity contribution is -0.140. The van der Waals surface area contributed by atoms with Gasteiger partial charge < -0.3 is 10.0 Å². The first-order valence-corrected chi connectivity index (χ1v) is 5.21. The van der Waals surface area contributed by atoms with Crippen LogP contribution >= 0.6 is 0 Å². The van der Waals surface area contributed by atoms with Gasteiger partial charge in [0, 0.05) is 18.8 Å². The van der Waals surface area contributed by atoms with Gasteiger partial charge in [0.1, 0.15) is 0 Å². The number of aryl methyl sites for hydroxylation is 1. The van der Waals surface area contributed by atoms with Crippen molar-refractivity contribution in [2.75, 3.05) is 18.0 Å². The molecule has 0 aliphatic carbocycles. The van der Waals surface area contributed by atoms with Gasteiger partial charge in [-0.1, -0.05) is 12.1 Å². The van der Waals surface area contributed by atoms with E-state index < -0.39 is 5.97 Å². The largest absolute Gasteiger partial charge is 0.481 e. The average Bonchev–Trinajstić information content (AvgIpc) is 2.66. The van der Waals surface area contributed by atoms with E-state index in [9.17, 15) is 4.79 Å². The Morgan fingerprint density at radius 2 is 2.33 bits per heavy atom. The van der Waals surface area contributed by atoms with E-state index in [1.807, 2.05) is 25.1 Å². The fraction of sp³-hybridized carbons (Fsp3) is 0.417. The summed E-state index contributed by atoms with van der Waals surface area (Å²) in [6.07, 6.45) is 0.753. The summed E-state index contributed by atoms with van der Waals surface area (Å²) in [6.45, 7) is 3.54. The van der Waals surface area contributed by atoms with Crippen LogP contribution < -0.4 is 4.90 Å². The summed E-state index contributed by atoms with van der Waals surface area (Å²) in [5.74, 6) is -0.879. The first-order valence-electron chi connectivity index (χ1n) is 5.21. The quantitative estimate of drug-likeness (QED) is 0.801. The Hall–Kier alpha value is -1.51. The highest BCUT2D eigenvalue weighted by molar-refractivity contribution is 5.72. The molecule has 0 saturated carbocycles. The molecule has 1 atom stereocenters. The molecule has 3 heteroatoms. The molecule has 0 aromatic heterocycles. The zero-order valence-corrected chi connectivity index (χ0v) is 8.81. The first-order chi connectivity index (χ1) is 7.16. The minimum Gasteiger partial charge on any atom is -0.481 e. The molecular formula is C12H15NO2. The number of aliphatic carboxylic acids is 1. The summed E-state index contributed by atoms with van der Waals surface area (Å²) >= 11 is 0. The monoisotopic (exact) mass is 205 g/mol. The second kappa shape index (κ2) is 3.93. The minimum atomic E-state index is -0.676. The molecule has 2 rings (SSSR count). The van der Waals surface area contributed by atoms with Crippen molar-refractivity contribution in [2.45, 2.75) is 13.3 Å². The minimum absolute atomic E-state index is 0.203. The van der Waals surface area contributed by atoms with Gasteiger partial charge in [-0.25, -0.2) is 0 Å². The average molecular weight is 205 g/mol. The number of rotatable bonds is 2. The Bertz CT molecular complexity index is 376. The third-order valence-corrected chi connectivity index (χ3v) is 2.90. The van der Waals surface area contributed by atoms with Crippen LogP contribution in [0.4, 0.5) is 5.69 Å². The van der Waals surface area contributed by atoms with E-state index in [0.717, 1.165) is 18.7 Å². The Balaban J connectivity index is 2.11. The first kappa shape index (κ1) is 10.0. The van der Waals surface area contributed by atoms with Crippen molar-refractivity contribution in [3.63, 3.8) is 0 Å². The van der Waals surface area contributed by atoms with Crippen molar-refractivity contribution < 1.29 is 9.90 Å². The van der Waals surface area contributed by atoms with Crippen LogP contribution in [0.25, 0.3) is 0 Å². The maximum atomic E-state index is 10.8. The Morgan fingerprint density at radius 1 is 1.53 bits per heavy atom. The summed E-state index contributed by atoms with van der Waals surface area (Å²) in [6, 6.07) is 8.20. The predicted octanol–water partition coefficient (Wildman–Crippen LogP) is 1.91. The van der Waals surface area contributed by atoms with Crippen molar-refractivity contribution in [1.29, 1.82) is 0 Å². The molecule has 1 N–H and O–H groups in total. The standard InChI is InChI=1S/C12H15NO2/c1-9-3-2-4-11(7-9)13-6-5-10(8-13)12(14)15/h2-4,7,10H,5-6,8H2,1H3,(H,14,15). The van der Waals surface area contributed by atoms with Crippen LogP contribution in [0.2, 0.25) is 0 Å². The Labute approximate surface area is 89.3 Å². The molecule has 3 nitrogen and oxygen atoms in total. The highest BCUT2D eigenvalue weighted by atomic mass is 16.4. The highest BCUT2D eigenvalue weighted by Gasteiger charge is 2.27. The highest BCUT2D eigenvalue weighted by Crippen LogP contribution is 2.24. The van der Waals surface area contributed by atoms with Crippen LogP contribution in [0, 0.1) is 12.8 Å². The zero-order valence-electron chi connectivity index (χ0n) is 8.81. The molecule has 1 aromatic carbocycles. The third kappa shape index (κ3) is 2.12. The number of hydrogen-bond acceptors (Lipinski definition) is 2. The fourth-order valence-corrected chi connectivity index (χ4v) is 2.02. The third-order valence-electron chi connectivity index (χ3n) is 2.90. The van der Waals surface area contributed by atoms with Crippen LogP contribution in [0.5, 0.6) is 0 Å². The normalized spacial score (nSPS) is 20.6. The van der Waals surface area contributed by atoms with Gasteiger partial charge in [-0.15, -0.1) is 0 Å². The SMILES string of the molecule is Cc1cccc(N2CCC(C(=O)O)C2)c1. The van der Waals surface area contributed by atoms with Crippen LogP contribution in [-0.4, -0.2) is 24.2 Å². The van der Waals surface area contributed by atoms with E-state index in [-0.39, 0.29) is 5.92 Å². The van der Waals surface area contributed by atoms with E-state index in [2.05, 4.69) is 11.0 Å². The van der Waals surface area contributed by atoms with E-state index >= 15 is 0 Å². The lowest BCUT2D eigenvalue weighted by Gasteiger charge is -2.18. The number of benzene rings is 1. The van der Waals surface area contributed by atoms with Crippen LogP contribution in [-0.2, 0) is 4.79 Å². The number of anilines is 1. The number of carboxylic acid groups (broad SMARTS) is 1. The molecule has 1 aliphatic heterocycles. The molecule has 1 aliphatic rings. The Kier molecular flexibility index (Phi) is 2.62. The molecule has 1 saturated heterocycles. The van der Waals surface area contributed by atoms with Crippen molar-refractivity contribution in [2.24, 2.45) is 5.92 Å². The van der Waals surface area contributed by atoms with Crippen LogP contribution in [0.3, 0.4) is 0 Å². The van der Waals surface area contributed by atoms with E-state index in [1.54, 1.807) is 0 Å². The molecule has 1 heterocycles. The molecule has 1 aromatic rings. The maximum absolute atomic E-state index is 10.8. The van der Waals surface area contributed by atoms with Crippen LogP contribution in [0.15, 0.2) is 24.3 Å². The topological polar surface area (TPSA) is 40.5 Å². The summed E-state index contributed by atoms with van der Waals surface area (Å²) in [5, 5.41) is 8.91. The predicted molar refractivity (Wildman–Crippen MR) is 59.1 cm³/mol. The lowest BCUT2D eigenvalue weighted by atomic mass is 10.1. The smallest absolute Gasteiger partial charge is 0.308 e. The van der Waals surface area contributed by atoms with Gasteiger partial charge in [-0.3, -0.25) is 4.79 Å². The number of carbonyl (C=O) groups is 1. The van der Waals surface area contributed by atoms with E-state index in [1.165, 1.54) is 5.56 Å². The molecule has 80 valence electrons. The molecule has 15 heavy (non-hydrogen) atoms. The van der Waals surface area contributed by atoms with Gasteiger partial charge in [0.2, 0.25) is 0 Å². The van der Waals surface area contributed by atoms with Gasteiger partial charge in [-0.05, 0) is 31.0 Å². The maximum Gasteiger partial charge on any atom is 0.308 e. The number of nitrogens with zero attached hydrogens (tertiary/aromatic N) is 1. The summed E-state index contributed by atoms with van der Waals surface area (Å²) in [4.78, 5) is 13.0. The van der Waals surface area contributed by atoms with Gasteiger partial charge in [0.05, 0.1) is 5.92 Å². The van der Waals surface area contributed by atoms with Crippen molar-refractivity contribution in [3.05, 3.63) is 29.8 Å². The molecule has 1 fully saturated rings. The van der Waals surface area contributed by atoms with Gasteiger partial charge in [0.25, 0.3) is 0 Å². The molecule has 1 unspecified atom stereocenters. The van der Waals surface area contributed by atoms with Crippen molar-refractivity contribution in [3.8, 4) is 0 Å². The van der Waals surface area contributed by atoms with Crippen molar-refractivity contribution >= 4 is 11.7 Å². The summed E-state index contributed by atoms with van der Waals surface area (Å²) < 4.78 is 0. The molecule has 0 radical (unpaired) electrons. The summed E-state index contributed by atoms with van der Waals surface area (Å²) in [5.41, 5.74) is 2.35. The fourth-order valence-electron chi connectivity index (χ4n) is 2.02. The zero-order chi connectivity index (χ0) is 10.8. The second-order valence-corrected chi connectivity index (χ2v) is 4.11. The molecule has 0 amide bonds. The number of hydrogen-bond donors (Lipinski definition) is 1. The van der Waals surface area contributed by atoms with Crippen LogP contribution in [0.1, 0.15) is 12.0 Å². The van der Waals surface area contributed by atoms with Gasteiger partial charge in [0.15, 0.2) is 0 Å². The molecule has 0 spiro atoms. The molecular weight excluding hydrogens is 190 g/mol. The number of carboxylic acids is 1. The van der Waals surface area contributed by atoms with E-state index in [4.69, 9.17) is 5.11 Å². The Morgan fingerprint density at radius 3 is 2.93 bits per heavy atom. The van der Waals surface area contributed by atoms with Gasteiger partial charge in [-0.2, -0.15) is 0 Å². The van der Waals surface area contributed by atoms with Gasteiger partial charge >= 0.3 is 5.97 Å².